The van der Waals surface area contributed by atoms with Crippen LogP contribution in [0.15, 0.2) is 0 Å². The van der Waals surface area contributed by atoms with Crippen molar-refractivity contribution >= 4 is 25.9 Å². The monoisotopic (exact) mass is 229 g/mol. The number of hydrogen-bond donors (Lipinski definition) is 2. The Morgan fingerprint density at radius 1 is 1.62 bits per heavy atom. The predicted molar refractivity (Wildman–Crippen MR) is 48.9 cm³/mol. The molecule has 0 rings (SSSR count). The second-order valence-corrected chi connectivity index (χ2v) is 5.47. The molecule has 0 spiro atoms. The molecule has 0 aromatic rings. The average molecular weight is 229 g/mol. The highest BCUT2D eigenvalue weighted by molar-refractivity contribution is 8.69. The van der Waals surface area contributed by atoms with Crippen molar-refractivity contribution in [1.82, 2.24) is 5.32 Å². The smallest absolute Gasteiger partial charge is 0.319 e. The third-order valence-corrected chi connectivity index (χ3v) is 3.07. The summed E-state index contributed by atoms with van der Waals surface area (Å²) in [5.41, 5.74) is 0. The second kappa shape index (κ2) is 6.19. The van der Waals surface area contributed by atoms with Crippen molar-refractivity contribution in [1.29, 1.82) is 0 Å². The highest BCUT2D eigenvalue weighted by Gasteiger charge is 2.04. The van der Waals surface area contributed by atoms with E-state index in [2.05, 4.69) is 10.1 Å². The molecule has 6 nitrogen and oxygen atoms in total. The molecule has 0 radical (unpaired) electrons. The Balaban J connectivity index is 3.33. The summed E-state index contributed by atoms with van der Waals surface area (Å²) in [5.74, 6) is -0.243. The summed E-state index contributed by atoms with van der Waals surface area (Å²) in [6.45, 7) is 0.335. The molecule has 0 bridgehead atoms. The van der Waals surface area contributed by atoms with Gasteiger partial charge in [-0.15, -0.1) is 0 Å². The fraction of sp³-hybridized carbons (Fsp3) is 0.800. The Morgan fingerprint density at radius 3 is 2.69 bits per heavy atom. The van der Waals surface area contributed by atoms with Gasteiger partial charge in [-0.05, 0) is 10.8 Å². The molecule has 0 saturated heterocycles. The van der Waals surface area contributed by atoms with Crippen molar-refractivity contribution in [3.63, 3.8) is 0 Å². The van der Waals surface area contributed by atoms with Crippen molar-refractivity contribution in [3.05, 3.63) is 0 Å². The first-order chi connectivity index (χ1) is 5.95. The highest BCUT2D eigenvalue weighted by atomic mass is 33.1. The summed E-state index contributed by atoms with van der Waals surface area (Å²) in [7, 11) is -2.30. The summed E-state index contributed by atoms with van der Waals surface area (Å²) in [6.07, 6.45) is 0. The number of rotatable bonds is 6. The Bertz CT molecular complexity index is 250. The van der Waals surface area contributed by atoms with Crippen LogP contribution >= 0.6 is 10.8 Å². The molecule has 8 heteroatoms. The quantitative estimate of drug-likeness (QED) is 0.269. The van der Waals surface area contributed by atoms with E-state index >= 15 is 0 Å². The SMILES string of the molecule is COC(=O)CNCCSS(=O)(=O)O. The minimum atomic E-state index is -3.97. The predicted octanol–water partition coefficient (Wildman–Crippen LogP) is -0.715. The van der Waals surface area contributed by atoms with Gasteiger partial charge in [-0.25, -0.2) is 0 Å². The molecule has 13 heavy (non-hydrogen) atoms. The number of carbonyl (C=O) groups is 1. The Kier molecular flexibility index (Phi) is 6.04. The number of methoxy groups -OCH3 is 1. The Hall–Kier alpha value is -0.310. The molecular formula is C5H11NO5S2. The normalized spacial score (nSPS) is 11.2. The van der Waals surface area contributed by atoms with Crippen molar-refractivity contribution in [3.8, 4) is 0 Å². The third kappa shape index (κ3) is 9.61. The van der Waals surface area contributed by atoms with Crippen molar-refractivity contribution in [2.75, 3.05) is 26.0 Å². The van der Waals surface area contributed by atoms with Crippen LogP contribution in [0.3, 0.4) is 0 Å². The minimum absolute atomic E-state index is 0.0303. The molecule has 0 aromatic carbocycles. The van der Waals surface area contributed by atoms with Gasteiger partial charge in [0.25, 0.3) is 0 Å². The molecule has 0 unspecified atom stereocenters. The van der Waals surface area contributed by atoms with Crippen LogP contribution < -0.4 is 5.32 Å². The molecule has 0 aliphatic heterocycles. The van der Waals surface area contributed by atoms with Gasteiger partial charge in [0.2, 0.25) is 0 Å². The van der Waals surface area contributed by atoms with E-state index in [-0.39, 0.29) is 12.3 Å². The Morgan fingerprint density at radius 2 is 2.23 bits per heavy atom. The fourth-order valence-corrected chi connectivity index (χ4v) is 1.80. The van der Waals surface area contributed by atoms with E-state index in [1.165, 1.54) is 7.11 Å². The van der Waals surface area contributed by atoms with Gasteiger partial charge in [0.05, 0.1) is 13.7 Å². The zero-order valence-electron chi connectivity index (χ0n) is 7.02. The number of esters is 1. The van der Waals surface area contributed by atoms with E-state index < -0.39 is 15.1 Å². The van der Waals surface area contributed by atoms with Gasteiger partial charge in [0.1, 0.15) is 0 Å². The van der Waals surface area contributed by atoms with Crippen LogP contribution in [0.1, 0.15) is 0 Å². The Labute approximate surface area is 80.2 Å². The molecule has 0 amide bonds. The van der Waals surface area contributed by atoms with Gasteiger partial charge in [-0.1, -0.05) is 0 Å². The second-order valence-electron chi connectivity index (χ2n) is 2.00. The van der Waals surface area contributed by atoms with E-state index in [1.54, 1.807) is 0 Å². The molecule has 0 atom stereocenters. The van der Waals surface area contributed by atoms with Crippen LogP contribution in [0.4, 0.5) is 0 Å². The maximum Gasteiger partial charge on any atom is 0.319 e. The molecule has 0 aliphatic carbocycles. The molecule has 0 saturated carbocycles. The summed E-state index contributed by atoms with van der Waals surface area (Å²) in [4.78, 5) is 10.5. The summed E-state index contributed by atoms with van der Waals surface area (Å²) in [6, 6.07) is 0. The van der Waals surface area contributed by atoms with Gasteiger partial charge < -0.3 is 10.1 Å². The third-order valence-electron chi connectivity index (χ3n) is 1.01. The van der Waals surface area contributed by atoms with Crippen LogP contribution in [-0.2, 0) is 18.7 Å². The zero-order chi connectivity index (χ0) is 10.3. The van der Waals surface area contributed by atoms with Gasteiger partial charge >= 0.3 is 15.1 Å². The first-order valence-corrected chi connectivity index (χ1v) is 6.29. The number of ether oxygens (including phenoxy) is 1. The van der Waals surface area contributed by atoms with E-state index in [9.17, 15) is 13.2 Å². The molecule has 0 heterocycles. The van der Waals surface area contributed by atoms with Gasteiger partial charge in [0, 0.05) is 12.3 Å². The summed E-state index contributed by atoms with van der Waals surface area (Å²) >= 11 is 0. The van der Waals surface area contributed by atoms with Crippen LogP contribution in [0.5, 0.6) is 0 Å². The van der Waals surface area contributed by atoms with Gasteiger partial charge in [0.15, 0.2) is 0 Å². The van der Waals surface area contributed by atoms with E-state index in [0.29, 0.717) is 17.3 Å². The zero-order valence-corrected chi connectivity index (χ0v) is 8.65. The van der Waals surface area contributed by atoms with Crippen LogP contribution in [-0.4, -0.2) is 44.9 Å². The molecular weight excluding hydrogens is 218 g/mol. The topological polar surface area (TPSA) is 92.7 Å². The molecule has 78 valence electrons. The van der Waals surface area contributed by atoms with Crippen molar-refractivity contribution in [2.24, 2.45) is 0 Å². The van der Waals surface area contributed by atoms with Gasteiger partial charge in [-0.3, -0.25) is 9.35 Å². The molecule has 0 aromatic heterocycles. The van der Waals surface area contributed by atoms with Crippen LogP contribution in [0.25, 0.3) is 0 Å². The lowest BCUT2D eigenvalue weighted by Crippen LogP contribution is -2.26. The van der Waals surface area contributed by atoms with E-state index in [1.807, 2.05) is 0 Å². The van der Waals surface area contributed by atoms with Crippen molar-refractivity contribution < 1.29 is 22.5 Å². The average Bonchev–Trinajstić information content (AvgIpc) is 2.01. The molecule has 0 aliphatic rings. The highest BCUT2D eigenvalue weighted by Crippen LogP contribution is 2.06. The lowest BCUT2D eigenvalue weighted by Gasteiger charge is -2.01. The fourth-order valence-electron chi connectivity index (χ4n) is 0.482. The van der Waals surface area contributed by atoms with Crippen LogP contribution in [0, 0.1) is 0 Å². The van der Waals surface area contributed by atoms with E-state index in [0.717, 1.165) is 0 Å². The lowest BCUT2D eigenvalue weighted by molar-refractivity contribution is -0.139. The van der Waals surface area contributed by atoms with Crippen molar-refractivity contribution in [2.45, 2.75) is 0 Å². The number of hydrogen-bond acceptors (Lipinski definition) is 6. The summed E-state index contributed by atoms with van der Waals surface area (Å²) < 4.78 is 33.0. The first kappa shape index (κ1) is 12.7. The first-order valence-electron chi connectivity index (χ1n) is 3.35. The lowest BCUT2D eigenvalue weighted by atomic mass is 10.6. The maximum absolute atomic E-state index is 10.5. The van der Waals surface area contributed by atoms with E-state index in [4.69, 9.17) is 4.55 Å². The molecule has 0 fully saturated rings. The number of nitrogens with one attached hydrogen (secondary N) is 1. The molecule has 2 N–H and O–H groups in total. The van der Waals surface area contributed by atoms with Gasteiger partial charge in [-0.2, -0.15) is 8.42 Å². The summed E-state index contributed by atoms with van der Waals surface area (Å²) in [5, 5.41) is 2.64. The minimum Gasteiger partial charge on any atom is -0.468 e. The number of carbonyl (C=O) groups excluding carboxylic acids is 1. The standard InChI is InChI=1S/C5H11NO5S2/c1-11-5(7)4-6-2-3-12-13(8,9)10/h6H,2-4H2,1H3,(H,8,9,10). The van der Waals surface area contributed by atoms with Crippen LogP contribution in [0.2, 0.25) is 0 Å². The maximum atomic E-state index is 10.5. The largest absolute Gasteiger partial charge is 0.468 e.